The molecule has 1 aromatic rings. The Labute approximate surface area is 133 Å². The molecule has 0 spiro atoms. The van der Waals surface area contributed by atoms with Gasteiger partial charge in [0.25, 0.3) is 0 Å². The van der Waals surface area contributed by atoms with Gasteiger partial charge in [0.1, 0.15) is 5.82 Å². The van der Waals surface area contributed by atoms with Gasteiger partial charge < -0.3 is 10.1 Å². The number of aryl methyl sites for hydroxylation is 2. The van der Waals surface area contributed by atoms with E-state index < -0.39 is 0 Å². The first-order valence-electron chi connectivity index (χ1n) is 7.72. The number of hydrogen-bond acceptors (Lipinski definition) is 5. The van der Waals surface area contributed by atoms with Crippen molar-refractivity contribution in [2.24, 2.45) is 0 Å². The average molecular weight is 311 g/mol. The molecular weight excluding hydrogens is 282 g/mol. The summed E-state index contributed by atoms with van der Waals surface area (Å²) in [6.07, 6.45) is 2.16. The van der Waals surface area contributed by atoms with Crippen LogP contribution in [0.5, 0.6) is 0 Å². The first kappa shape index (κ1) is 18.4. The van der Waals surface area contributed by atoms with E-state index in [1.807, 2.05) is 11.8 Å². The smallest absolute Gasteiger partial charge is 0.138 e. The molecule has 0 radical (unpaired) electrons. The Morgan fingerprint density at radius 1 is 1.19 bits per heavy atom. The number of nitrogens with zero attached hydrogens (tertiary/aromatic N) is 2. The van der Waals surface area contributed by atoms with Gasteiger partial charge in [0.05, 0.1) is 12.4 Å². The van der Waals surface area contributed by atoms with E-state index in [4.69, 9.17) is 4.74 Å². The molecule has 0 amide bonds. The number of rotatable bonds is 10. The molecule has 1 heterocycles. The van der Waals surface area contributed by atoms with Gasteiger partial charge in [-0.2, -0.15) is 11.8 Å². The summed E-state index contributed by atoms with van der Waals surface area (Å²) >= 11 is 1.93. The fraction of sp³-hybridized carbons (Fsp3) is 0.750. The molecule has 4 nitrogen and oxygen atoms in total. The second kappa shape index (κ2) is 10.1. The van der Waals surface area contributed by atoms with Gasteiger partial charge in [0.15, 0.2) is 0 Å². The van der Waals surface area contributed by atoms with E-state index in [2.05, 4.69) is 43.0 Å². The van der Waals surface area contributed by atoms with Crippen molar-refractivity contribution in [2.45, 2.75) is 51.5 Å². The van der Waals surface area contributed by atoms with Crippen LogP contribution >= 0.6 is 11.8 Å². The Balaban J connectivity index is 2.54. The SMILES string of the molecule is CCC(C)SCc1nc(C)c(CCNCCOC)c(C)n1. The van der Waals surface area contributed by atoms with Crippen LogP contribution in [0.1, 0.15) is 43.0 Å². The molecule has 0 aliphatic rings. The monoisotopic (exact) mass is 311 g/mol. The Kier molecular flexibility index (Phi) is 8.88. The number of ether oxygens (including phenoxy) is 1. The van der Waals surface area contributed by atoms with Gasteiger partial charge >= 0.3 is 0 Å². The van der Waals surface area contributed by atoms with Crippen LogP contribution in [0.15, 0.2) is 0 Å². The van der Waals surface area contributed by atoms with Crippen LogP contribution in [0.3, 0.4) is 0 Å². The van der Waals surface area contributed by atoms with Crippen LogP contribution in [-0.4, -0.2) is 42.0 Å². The molecule has 0 saturated heterocycles. The zero-order valence-corrected chi connectivity index (χ0v) is 14.8. The number of nitrogens with one attached hydrogen (secondary N) is 1. The van der Waals surface area contributed by atoms with Crippen LogP contribution in [0.4, 0.5) is 0 Å². The molecule has 1 unspecified atom stereocenters. The van der Waals surface area contributed by atoms with Crippen molar-refractivity contribution in [3.8, 4) is 0 Å². The first-order valence-corrected chi connectivity index (χ1v) is 8.77. The van der Waals surface area contributed by atoms with Crippen molar-refractivity contribution in [2.75, 3.05) is 26.8 Å². The highest BCUT2D eigenvalue weighted by molar-refractivity contribution is 7.99. The Bertz CT molecular complexity index is 403. The molecule has 1 aromatic heterocycles. The summed E-state index contributed by atoms with van der Waals surface area (Å²) in [6.45, 7) is 11.2. The van der Waals surface area contributed by atoms with Gasteiger partial charge in [-0.25, -0.2) is 9.97 Å². The molecule has 0 aliphatic carbocycles. The van der Waals surface area contributed by atoms with E-state index in [-0.39, 0.29) is 0 Å². The highest BCUT2D eigenvalue weighted by Crippen LogP contribution is 2.19. The molecule has 0 saturated carbocycles. The van der Waals surface area contributed by atoms with E-state index in [1.165, 1.54) is 12.0 Å². The lowest BCUT2D eigenvalue weighted by Gasteiger charge is -2.12. The summed E-state index contributed by atoms with van der Waals surface area (Å²) < 4.78 is 5.02. The van der Waals surface area contributed by atoms with Crippen LogP contribution in [0.2, 0.25) is 0 Å². The summed E-state index contributed by atoms with van der Waals surface area (Å²) in [5, 5.41) is 4.03. The highest BCUT2D eigenvalue weighted by atomic mass is 32.2. The van der Waals surface area contributed by atoms with E-state index in [0.29, 0.717) is 5.25 Å². The predicted octanol–water partition coefficient (Wildman–Crippen LogP) is 2.90. The fourth-order valence-corrected chi connectivity index (χ4v) is 2.88. The van der Waals surface area contributed by atoms with Crippen molar-refractivity contribution in [3.05, 3.63) is 22.8 Å². The molecule has 1 atom stereocenters. The van der Waals surface area contributed by atoms with Crippen LogP contribution in [0.25, 0.3) is 0 Å². The minimum Gasteiger partial charge on any atom is -0.383 e. The van der Waals surface area contributed by atoms with E-state index in [0.717, 1.165) is 49.1 Å². The molecule has 0 fully saturated rings. The quantitative estimate of drug-likeness (QED) is 0.673. The predicted molar refractivity (Wildman–Crippen MR) is 91.0 cm³/mol. The maximum absolute atomic E-state index is 5.02. The maximum Gasteiger partial charge on any atom is 0.138 e. The molecule has 1 rings (SSSR count). The Hall–Kier alpha value is -0.650. The molecule has 120 valence electrons. The van der Waals surface area contributed by atoms with Gasteiger partial charge in [0, 0.05) is 30.3 Å². The van der Waals surface area contributed by atoms with E-state index in [1.54, 1.807) is 7.11 Å². The lowest BCUT2D eigenvalue weighted by molar-refractivity contribution is 0.199. The summed E-state index contributed by atoms with van der Waals surface area (Å²) in [6, 6.07) is 0. The molecule has 21 heavy (non-hydrogen) atoms. The Morgan fingerprint density at radius 3 is 2.43 bits per heavy atom. The number of methoxy groups -OCH3 is 1. The molecular formula is C16H29N3OS. The largest absolute Gasteiger partial charge is 0.383 e. The lowest BCUT2D eigenvalue weighted by Crippen LogP contribution is -2.22. The molecule has 5 heteroatoms. The summed E-state index contributed by atoms with van der Waals surface area (Å²) in [4.78, 5) is 9.34. The second-order valence-electron chi connectivity index (χ2n) is 5.31. The van der Waals surface area contributed by atoms with Crippen molar-refractivity contribution in [1.82, 2.24) is 15.3 Å². The standard InChI is InChI=1S/C16H29N3OS/c1-6-12(2)21-11-16-18-13(3)15(14(4)19-16)7-8-17-9-10-20-5/h12,17H,6-11H2,1-5H3. The topological polar surface area (TPSA) is 47.0 Å². The van der Waals surface area contributed by atoms with E-state index >= 15 is 0 Å². The van der Waals surface area contributed by atoms with Crippen LogP contribution in [-0.2, 0) is 16.9 Å². The third-order valence-corrected chi connectivity index (χ3v) is 4.90. The maximum atomic E-state index is 5.02. The number of aromatic nitrogens is 2. The summed E-state index contributed by atoms with van der Waals surface area (Å²) in [7, 11) is 1.72. The van der Waals surface area contributed by atoms with Crippen molar-refractivity contribution in [3.63, 3.8) is 0 Å². The van der Waals surface area contributed by atoms with Crippen molar-refractivity contribution in [1.29, 1.82) is 0 Å². The minimum atomic E-state index is 0.666. The molecule has 0 bridgehead atoms. The lowest BCUT2D eigenvalue weighted by atomic mass is 10.1. The van der Waals surface area contributed by atoms with Gasteiger partial charge in [-0.1, -0.05) is 13.8 Å². The zero-order chi connectivity index (χ0) is 15.7. The third kappa shape index (κ3) is 6.76. The van der Waals surface area contributed by atoms with Gasteiger partial charge in [0.2, 0.25) is 0 Å². The van der Waals surface area contributed by atoms with Gasteiger partial charge in [-0.3, -0.25) is 0 Å². The van der Waals surface area contributed by atoms with Crippen molar-refractivity contribution >= 4 is 11.8 Å². The second-order valence-corrected chi connectivity index (χ2v) is 6.74. The summed E-state index contributed by atoms with van der Waals surface area (Å²) in [5.74, 6) is 1.87. The first-order chi connectivity index (χ1) is 10.1. The molecule has 0 aromatic carbocycles. The zero-order valence-electron chi connectivity index (χ0n) is 14.0. The average Bonchev–Trinajstić information content (AvgIpc) is 2.46. The minimum absolute atomic E-state index is 0.666. The third-order valence-electron chi connectivity index (χ3n) is 3.57. The van der Waals surface area contributed by atoms with E-state index in [9.17, 15) is 0 Å². The fourth-order valence-electron chi connectivity index (χ4n) is 2.08. The number of thioether (sulfide) groups is 1. The molecule has 1 N–H and O–H groups in total. The van der Waals surface area contributed by atoms with Gasteiger partial charge in [-0.15, -0.1) is 0 Å². The normalized spacial score (nSPS) is 12.6. The molecule has 0 aliphatic heterocycles. The summed E-state index contributed by atoms with van der Waals surface area (Å²) in [5.41, 5.74) is 3.52. The van der Waals surface area contributed by atoms with Crippen LogP contribution in [0, 0.1) is 13.8 Å². The van der Waals surface area contributed by atoms with Crippen LogP contribution < -0.4 is 5.32 Å². The number of hydrogen-bond donors (Lipinski definition) is 1. The van der Waals surface area contributed by atoms with Gasteiger partial charge in [-0.05, 0) is 38.8 Å². The van der Waals surface area contributed by atoms with Crippen molar-refractivity contribution < 1.29 is 4.74 Å². The Morgan fingerprint density at radius 2 is 1.86 bits per heavy atom. The highest BCUT2D eigenvalue weighted by Gasteiger charge is 2.09.